The van der Waals surface area contributed by atoms with Crippen LogP contribution in [0.3, 0.4) is 0 Å². The Bertz CT molecular complexity index is 103. The van der Waals surface area contributed by atoms with E-state index in [1.165, 1.54) is 0 Å². The summed E-state index contributed by atoms with van der Waals surface area (Å²) in [5, 5.41) is 7.55. The van der Waals surface area contributed by atoms with Crippen LogP contribution in [-0.4, -0.2) is 11.9 Å². The number of hydrogen-bond acceptors (Lipinski definition) is 2. The molecule has 0 atom stereocenters. The molecule has 0 aromatic heterocycles. The molecule has 46 valence electrons. The summed E-state index contributed by atoms with van der Waals surface area (Å²) < 4.78 is 0. The number of nitrogens with zero attached hydrogens (tertiary/aromatic N) is 2. The first-order chi connectivity index (χ1) is 3.81. The Hall–Kier alpha value is -0.660. The molecule has 2 heteroatoms. The largest absolute Gasteiger partial charge is 0.164 e. The summed E-state index contributed by atoms with van der Waals surface area (Å²) in [5.74, 6) is 0. The smallest absolute Gasteiger partial charge is 0.0372 e. The van der Waals surface area contributed by atoms with E-state index in [2.05, 4.69) is 17.1 Å². The van der Waals surface area contributed by atoms with Gasteiger partial charge < -0.3 is 0 Å². The zero-order valence-corrected chi connectivity index (χ0v) is 5.68. The quantitative estimate of drug-likeness (QED) is 0.385. The van der Waals surface area contributed by atoms with Gasteiger partial charge in [0, 0.05) is 11.9 Å². The summed E-state index contributed by atoms with van der Waals surface area (Å²) in [6.45, 7) is 5.88. The average molecular weight is 112 g/mol. The second kappa shape index (κ2) is 4.50. The highest BCUT2D eigenvalue weighted by Gasteiger charge is 1.78. The third-order valence-electron chi connectivity index (χ3n) is 0.856. The summed E-state index contributed by atoms with van der Waals surface area (Å²) in [7, 11) is 0. The summed E-state index contributed by atoms with van der Waals surface area (Å²) in [6.07, 6.45) is 2.66. The van der Waals surface area contributed by atoms with Crippen molar-refractivity contribution in [3.8, 4) is 0 Å². The van der Waals surface area contributed by atoms with E-state index in [0.717, 1.165) is 12.1 Å². The van der Waals surface area contributed by atoms with Crippen molar-refractivity contribution in [2.45, 2.75) is 27.2 Å². The van der Waals surface area contributed by atoms with E-state index in [1.54, 1.807) is 6.21 Å². The summed E-state index contributed by atoms with van der Waals surface area (Å²) in [4.78, 5) is 0. The minimum absolute atomic E-state index is 0.983. The zero-order valence-electron chi connectivity index (χ0n) is 5.68. The molecular weight excluding hydrogens is 100 g/mol. The lowest BCUT2D eigenvalue weighted by atomic mass is 10.3. The molecule has 0 radical (unpaired) electrons. The Balaban J connectivity index is 3.57. The first-order valence-corrected chi connectivity index (χ1v) is 2.82. The maximum Gasteiger partial charge on any atom is 0.0372 e. The Morgan fingerprint density at radius 3 is 2.62 bits per heavy atom. The van der Waals surface area contributed by atoms with Crippen LogP contribution in [0.25, 0.3) is 0 Å². The monoisotopic (exact) mass is 112 g/mol. The molecule has 0 heterocycles. The van der Waals surface area contributed by atoms with Gasteiger partial charge in [-0.15, -0.1) is 0 Å². The van der Waals surface area contributed by atoms with Crippen LogP contribution >= 0.6 is 0 Å². The summed E-state index contributed by atoms with van der Waals surface area (Å²) in [6, 6.07) is 0. The normalized spacial score (nSPS) is 13.1. The van der Waals surface area contributed by atoms with Crippen molar-refractivity contribution in [1.82, 2.24) is 0 Å². The van der Waals surface area contributed by atoms with Crippen LogP contribution < -0.4 is 0 Å². The van der Waals surface area contributed by atoms with Crippen molar-refractivity contribution in [3.63, 3.8) is 0 Å². The van der Waals surface area contributed by atoms with E-state index in [4.69, 9.17) is 0 Å². The SMILES string of the molecule is C/C=N\N=C(\C)CC. The number of rotatable bonds is 2. The summed E-state index contributed by atoms with van der Waals surface area (Å²) in [5.41, 5.74) is 1.07. The van der Waals surface area contributed by atoms with Crippen LogP contribution in [0.5, 0.6) is 0 Å². The molecular formula is C6H12N2. The van der Waals surface area contributed by atoms with Crippen LogP contribution in [0.15, 0.2) is 10.2 Å². The second-order valence-corrected chi connectivity index (χ2v) is 1.56. The van der Waals surface area contributed by atoms with Crippen LogP contribution in [0, 0.1) is 0 Å². The fourth-order valence-electron chi connectivity index (χ4n) is 0.227. The van der Waals surface area contributed by atoms with Gasteiger partial charge in [-0.25, -0.2) is 0 Å². The standard InChI is InChI=1S/C6H12N2/c1-4-6(3)8-7-5-2/h5H,4H2,1-3H3/b7-5-,8-6-. The first kappa shape index (κ1) is 7.34. The van der Waals surface area contributed by atoms with Gasteiger partial charge in [-0.2, -0.15) is 10.2 Å². The maximum absolute atomic E-state index is 3.85. The number of hydrogen-bond donors (Lipinski definition) is 0. The zero-order chi connectivity index (χ0) is 6.41. The molecule has 0 amide bonds. The molecule has 0 aliphatic carbocycles. The van der Waals surface area contributed by atoms with Gasteiger partial charge in [0.25, 0.3) is 0 Å². The molecule has 0 aliphatic rings. The van der Waals surface area contributed by atoms with Gasteiger partial charge in [-0.1, -0.05) is 6.92 Å². The fraction of sp³-hybridized carbons (Fsp3) is 0.667. The van der Waals surface area contributed by atoms with Crippen molar-refractivity contribution in [1.29, 1.82) is 0 Å². The maximum atomic E-state index is 3.85. The van der Waals surface area contributed by atoms with Crippen LogP contribution in [0.1, 0.15) is 27.2 Å². The van der Waals surface area contributed by atoms with E-state index >= 15 is 0 Å². The molecule has 0 fully saturated rings. The fourth-order valence-corrected chi connectivity index (χ4v) is 0.227. The van der Waals surface area contributed by atoms with Gasteiger partial charge in [0.1, 0.15) is 0 Å². The molecule has 0 unspecified atom stereocenters. The predicted octanol–water partition coefficient (Wildman–Crippen LogP) is 1.86. The highest BCUT2D eigenvalue weighted by atomic mass is 15.2. The van der Waals surface area contributed by atoms with Crippen molar-refractivity contribution in [3.05, 3.63) is 0 Å². The highest BCUT2D eigenvalue weighted by Crippen LogP contribution is 1.82. The van der Waals surface area contributed by atoms with Gasteiger partial charge in [-0.05, 0) is 20.3 Å². The van der Waals surface area contributed by atoms with Crippen LogP contribution in [0.4, 0.5) is 0 Å². The Morgan fingerprint density at radius 2 is 2.25 bits per heavy atom. The molecule has 0 aromatic rings. The molecule has 0 saturated heterocycles. The third kappa shape index (κ3) is 3.53. The predicted molar refractivity (Wildman–Crippen MR) is 37.6 cm³/mol. The molecule has 0 saturated carbocycles. The Kier molecular flexibility index (Phi) is 4.13. The molecule has 0 rings (SSSR count). The lowest BCUT2D eigenvalue weighted by Crippen LogP contribution is -1.83. The van der Waals surface area contributed by atoms with E-state index in [-0.39, 0.29) is 0 Å². The first-order valence-electron chi connectivity index (χ1n) is 2.82. The molecule has 0 aromatic carbocycles. The van der Waals surface area contributed by atoms with Crippen molar-refractivity contribution in [2.24, 2.45) is 10.2 Å². The second-order valence-electron chi connectivity index (χ2n) is 1.56. The van der Waals surface area contributed by atoms with Crippen molar-refractivity contribution < 1.29 is 0 Å². The van der Waals surface area contributed by atoms with Gasteiger partial charge in [-0.3, -0.25) is 0 Å². The molecule has 0 bridgehead atoms. The molecule has 0 aliphatic heterocycles. The molecule has 0 N–H and O–H groups in total. The minimum atomic E-state index is 0.983. The van der Waals surface area contributed by atoms with E-state index in [0.29, 0.717) is 0 Å². The highest BCUT2D eigenvalue weighted by molar-refractivity contribution is 5.81. The van der Waals surface area contributed by atoms with Gasteiger partial charge in [0.15, 0.2) is 0 Å². The summed E-state index contributed by atoms with van der Waals surface area (Å²) >= 11 is 0. The van der Waals surface area contributed by atoms with E-state index < -0.39 is 0 Å². The van der Waals surface area contributed by atoms with Gasteiger partial charge in [0.2, 0.25) is 0 Å². The molecule has 0 spiro atoms. The molecule has 2 nitrogen and oxygen atoms in total. The lowest BCUT2D eigenvalue weighted by Gasteiger charge is -1.84. The topological polar surface area (TPSA) is 24.7 Å². The lowest BCUT2D eigenvalue weighted by molar-refractivity contribution is 1.17. The Labute approximate surface area is 50.3 Å². The van der Waals surface area contributed by atoms with Gasteiger partial charge in [0.05, 0.1) is 0 Å². The van der Waals surface area contributed by atoms with Crippen molar-refractivity contribution in [2.75, 3.05) is 0 Å². The van der Waals surface area contributed by atoms with Crippen molar-refractivity contribution >= 4 is 11.9 Å². The molecule has 8 heavy (non-hydrogen) atoms. The van der Waals surface area contributed by atoms with Gasteiger partial charge >= 0.3 is 0 Å². The average Bonchev–Trinajstić information content (AvgIpc) is 1.83. The Morgan fingerprint density at radius 1 is 1.62 bits per heavy atom. The van der Waals surface area contributed by atoms with Crippen LogP contribution in [0.2, 0.25) is 0 Å². The van der Waals surface area contributed by atoms with E-state index in [1.807, 2.05) is 13.8 Å². The minimum Gasteiger partial charge on any atom is -0.164 e. The van der Waals surface area contributed by atoms with E-state index in [9.17, 15) is 0 Å². The third-order valence-corrected chi connectivity index (χ3v) is 0.856. The van der Waals surface area contributed by atoms with Crippen LogP contribution in [-0.2, 0) is 0 Å².